The van der Waals surface area contributed by atoms with E-state index in [-0.39, 0.29) is 11.7 Å². The van der Waals surface area contributed by atoms with Gasteiger partial charge in [-0.15, -0.1) is 11.6 Å². The molecule has 0 amide bonds. The standard InChI is InChI=1S/C13H24ClNO/c1-13(2)10-15(9-12(7-14)16-13)8-11-5-3-4-6-11/h11-12H,3-10H2,1-2H3. The molecule has 1 aliphatic heterocycles. The molecule has 2 rings (SSSR count). The molecule has 1 saturated carbocycles. The summed E-state index contributed by atoms with van der Waals surface area (Å²) < 4.78 is 5.94. The predicted octanol–water partition coefficient (Wildman–Crippen LogP) is 2.89. The highest BCUT2D eigenvalue weighted by molar-refractivity contribution is 6.18. The number of rotatable bonds is 3. The fourth-order valence-electron chi connectivity index (χ4n) is 3.19. The van der Waals surface area contributed by atoms with Crippen LogP contribution >= 0.6 is 11.6 Å². The molecular formula is C13H24ClNO. The maximum atomic E-state index is 5.94. The number of ether oxygens (including phenoxy) is 1. The maximum absolute atomic E-state index is 5.94. The van der Waals surface area contributed by atoms with Gasteiger partial charge in [-0.25, -0.2) is 0 Å². The summed E-state index contributed by atoms with van der Waals surface area (Å²) in [7, 11) is 0. The second-order valence-corrected chi connectivity index (χ2v) is 6.31. The zero-order valence-corrected chi connectivity index (χ0v) is 11.3. The smallest absolute Gasteiger partial charge is 0.0844 e. The Morgan fingerprint density at radius 2 is 2.00 bits per heavy atom. The first-order chi connectivity index (χ1) is 7.59. The molecule has 1 atom stereocenters. The van der Waals surface area contributed by atoms with Crippen molar-refractivity contribution in [2.24, 2.45) is 5.92 Å². The summed E-state index contributed by atoms with van der Waals surface area (Å²) in [6.45, 7) is 7.67. The van der Waals surface area contributed by atoms with Crippen molar-refractivity contribution in [1.29, 1.82) is 0 Å². The first-order valence-electron chi connectivity index (χ1n) is 6.55. The van der Waals surface area contributed by atoms with Crippen LogP contribution in [0.25, 0.3) is 0 Å². The van der Waals surface area contributed by atoms with Gasteiger partial charge in [0.2, 0.25) is 0 Å². The fraction of sp³-hybridized carbons (Fsp3) is 1.00. The van der Waals surface area contributed by atoms with Gasteiger partial charge in [-0.05, 0) is 32.6 Å². The highest BCUT2D eigenvalue weighted by Crippen LogP contribution is 2.28. The Labute approximate surface area is 104 Å². The third-order valence-electron chi connectivity index (χ3n) is 3.72. The average Bonchev–Trinajstić information content (AvgIpc) is 2.67. The second kappa shape index (κ2) is 5.24. The van der Waals surface area contributed by atoms with Gasteiger partial charge >= 0.3 is 0 Å². The van der Waals surface area contributed by atoms with E-state index in [1.54, 1.807) is 0 Å². The summed E-state index contributed by atoms with van der Waals surface area (Å²) in [6, 6.07) is 0. The Balaban J connectivity index is 1.87. The summed E-state index contributed by atoms with van der Waals surface area (Å²) in [4.78, 5) is 2.56. The summed E-state index contributed by atoms with van der Waals surface area (Å²) in [5.74, 6) is 1.54. The first kappa shape index (κ1) is 12.7. The van der Waals surface area contributed by atoms with Gasteiger partial charge in [0, 0.05) is 25.5 Å². The molecule has 3 heteroatoms. The summed E-state index contributed by atoms with van der Waals surface area (Å²) >= 11 is 5.94. The SMILES string of the molecule is CC1(C)CN(CC2CCCC2)CC(CCl)O1. The minimum Gasteiger partial charge on any atom is -0.368 e. The normalized spacial score (nSPS) is 32.1. The molecule has 1 aliphatic carbocycles. The fourth-order valence-corrected chi connectivity index (χ4v) is 3.35. The van der Waals surface area contributed by atoms with Crippen molar-refractivity contribution in [2.75, 3.05) is 25.5 Å². The Bertz CT molecular complexity index is 226. The zero-order valence-electron chi connectivity index (χ0n) is 10.5. The molecule has 2 nitrogen and oxygen atoms in total. The average molecular weight is 246 g/mol. The topological polar surface area (TPSA) is 12.5 Å². The van der Waals surface area contributed by atoms with E-state index in [2.05, 4.69) is 18.7 Å². The van der Waals surface area contributed by atoms with Crippen molar-refractivity contribution in [3.63, 3.8) is 0 Å². The molecule has 0 aromatic heterocycles. The van der Waals surface area contributed by atoms with E-state index in [0.717, 1.165) is 19.0 Å². The molecule has 0 bridgehead atoms. The van der Waals surface area contributed by atoms with E-state index >= 15 is 0 Å². The molecule has 0 radical (unpaired) electrons. The van der Waals surface area contributed by atoms with Gasteiger partial charge in [0.1, 0.15) is 0 Å². The van der Waals surface area contributed by atoms with Crippen molar-refractivity contribution >= 4 is 11.6 Å². The minimum atomic E-state index is -0.0313. The van der Waals surface area contributed by atoms with Crippen LogP contribution < -0.4 is 0 Å². The molecule has 2 fully saturated rings. The summed E-state index contributed by atoms with van der Waals surface area (Å²) in [5, 5.41) is 0. The molecule has 0 spiro atoms. The first-order valence-corrected chi connectivity index (χ1v) is 7.09. The number of hydrogen-bond donors (Lipinski definition) is 0. The minimum absolute atomic E-state index is 0.0313. The number of alkyl halides is 1. The molecule has 0 N–H and O–H groups in total. The largest absolute Gasteiger partial charge is 0.368 e. The van der Waals surface area contributed by atoms with Crippen LogP contribution in [-0.2, 0) is 4.74 Å². The van der Waals surface area contributed by atoms with Crippen LogP contribution in [0.3, 0.4) is 0 Å². The Hall–Kier alpha value is 0.210. The van der Waals surface area contributed by atoms with Gasteiger partial charge in [0.15, 0.2) is 0 Å². The molecule has 16 heavy (non-hydrogen) atoms. The molecule has 1 heterocycles. The van der Waals surface area contributed by atoms with Crippen LogP contribution in [0.15, 0.2) is 0 Å². The van der Waals surface area contributed by atoms with E-state index in [1.165, 1.54) is 32.2 Å². The number of halogens is 1. The van der Waals surface area contributed by atoms with Crippen molar-refractivity contribution in [1.82, 2.24) is 4.90 Å². The van der Waals surface area contributed by atoms with Crippen LogP contribution in [-0.4, -0.2) is 42.1 Å². The number of morpholine rings is 1. The monoisotopic (exact) mass is 245 g/mol. The second-order valence-electron chi connectivity index (χ2n) is 6.00. The van der Waals surface area contributed by atoms with E-state index in [9.17, 15) is 0 Å². The van der Waals surface area contributed by atoms with E-state index in [1.807, 2.05) is 0 Å². The number of hydrogen-bond acceptors (Lipinski definition) is 2. The van der Waals surface area contributed by atoms with Crippen molar-refractivity contribution in [2.45, 2.75) is 51.2 Å². The molecule has 0 aromatic carbocycles. The van der Waals surface area contributed by atoms with Crippen molar-refractivity contribution < 1.29 is 4.74 Å². The molecule has 0 aromatic rings. The zero-order chi connectivity index (χ0) is 11.6. The van der Waals surface area contributed by atoms with Gasteiger partial charge in [-0.3, -0.25) is 4.90 Å². The highest BCUT2D eigenvalue weighted by Gasteiger charge is 2.34. The van der Waals surface area contributed by atoms with E-state index in [4.69, 9.17) is 16.3 Å². The van der Waals surface area contributed by atoms with Gasteiger partial charge < -0.3 is 4.74 Å². The van der Waals surface area contributed by atoms with E-state index < -0.39 is 0 Å². The van der Waals surface area contributed by atoms with Crippen LogP contribution in [0.4, 0.5) is 0 Å². The van der Waals surface area contributed by atoms with Crippen LogP contribution in [0.2, 0.25) is 0 Å². The number of nitrogens with zero attached hydrogens (tertiary/aromatic N) is 1. The molecule has 1 unspecified atom stereocenters. The van der Waals surface area contributed by atoms with Gasteiger partial charge in [-0.1, -0.05) is 12.8 Å². The maximum Gasteiger partial charge on any atom is 0.0844 e. The predicted molar refractivity (Wildman–Crippen MR) is 68.1 cm³/mol. The van der Waals surface area contributed by atoms with E-state index in [0.29, 0.717) is 5.88 Å². The Kier molecular flexibility index (Phi) is 4.15. The lowest BCUT2D eigenvalue weighted by molar-refractivity contribution is -0.129. The quantitative estimate of drug-likeness (QED) is 0.709. The molecule has 94 valence electrons. The van der Waals surface area contributed by atoms with Crippen LogP contribution in [0.5, 0.6) is 0 Å². The molecule has 1 saturated heterocycles. The lowest BCUT2D eigenvalue weighted by atomic mass is 10.0. The highest BCUT2D eigenvalue weighted by atomic mass is 35.5. The van der Waals surface area contributed by atoms with Gasteiger partial charge in [0.25, 0.3) is 0 Å². The summed E-state index contributed by atoms with van der Waals surface area (Å²) in [6.07, 6.45) is 5.91. The van der Waals surface area contributed by atoms with Crippen molar-refractivity contribution in [3.05, 3.63) is 0 Å². The van der Waals surface area contributed by atoms with Crippen LogP contribution in [0.1, 0.15) is 39.5 Å². The Morgan fingerprint density at radius 1 is 1.31 bits per heavy atom. The molecule has 2 aliphatic rings. The lowest BCUT2D eigenvalue weighted by Gasteiger charge is -2.43. The lowest BCUT2D eigenvalue weighted by Crippen LogP contribution is -2.54. The Morgan fingerprint density at radius 3 is 2.62 bits per heavy atom. The third-order valence-corrected chi connectivity index (χ3v) is 4.06. The van der Waals surface area contributed by atoms with Crippen molar-refractivity contribution in [3.8, 4) is 0 Å². The van der Waals surface area contributed by atoms with Gasteiger partial charge in [-0.2, -0.15) is 0 Å². The molecular weight excluding hydrogens is 222 g/mol. The van der Waals surface area contributed by atoms with Crippen LogP contribution in [0, 0.1) is 5.92 Å². The third kappa shape index (κ3) is 3.35. The summed E-state index contributed by atoms with van der Waals surface area (Å²) in [5.41, 5.74) is -0.0313. The van der Waals surface area contributed by atoms with Gasteiger partial charge in [0.05, 0.1) is 11.7 Å².